The molecule has 0 aliphatic carbocycles. The van der Waals surface area contributed by atoms with E-state index in [1.165, 1.54) is 0 Å². The zero-order valence-corrected chi connectivity index (χ0v) is 13.2. The number of nitriles is 1. The Bertz CT molecular complexity index is 1100. The van der Waals surface area contributed by atoms with Crippen molar-refractivity contribution in [2.45, 2.75) is 0 Å². The average Bonchev–Trinajstić information content (AvgIpc) is 3.03. The molecule has 0 unspecified atom stereocenters. The number of imidazole rings is 1. The molecule has 0 spiro atoms. The van der Waals surface area contributed by atoms with Gasteiger partial charge in [-0.15, -0.1) is 0 Å². The first-order valence-electron chi connectivity index (χ1n) is 7.37. The molecule has 0 aliphatic rings. The number of pyridine rings is 1. The number of aromatic amines is 1. The SMILES string of the molecule is N#CC(=Cc1cc2ccccc2nc1Cl)c1nc2ccccc2[nH]1. The Morgan fingerprint density at radius 1 is 1.04 bits per heavy atom. The number of H-pyrrole nitrogens is 1. The summed E-state index contributed by atoms with van der Waals surface area (Å²) in [5.74, 6) is 0.517. The average molecular weight is 331 g/mol. The number of nitrogens with one attached hydrogen (secondary N) is 1. The molecule has 4 aromatic rings. The van der Waals surface area contributed by atoms with Crippen molar-refractivity contribution >= 4 is 45.2 Å². The first kappa shape index (κ1) is 14.4. The molecular formula is C19H11ClN4. The molecule has 2 aromatic heterocycles. The van der Waals surface area contributed by atoms with Crippen molar-refractivity contribution < 1.29 is 0 Å². The van der Waals surface area contributed by atoms with E-state index in [0.29, 0.717) is 22.1 Å². The van der Waals surface area contributed by atoms with Gasteiger partial charge >= 0.3 is 0 Å². The Hall–Kier alpha value is -3.16. The number of rotatable bonds is 2. The molecule has 0 aliphatic heterocycles. The van der Waals surface area contributed by atoms with Gasteiger partial charge in [-0.3, -0.25) is 0 Å². The third-order valence-corrected chi connectivity index (χ3v) is 4.07. The highest BCUT2D eigenvalue weighted by Gasteiger charge is 2.10. The van der Waals surface area contributed by atoms with Gasteiger partial charge in [-0.25, -0.2) is 9.97 Å². The summed E-state index contributed by atoms with van der Waals surface area (Å²) in [7, 11) is 0. The predicted molar refractivity (Wildman–Crippen MR) is 96.3 cm³/mol. The highest BCUT2D eigenvalue weighted by molar-refractivity contribution is 6.31. The molecule has 0 amide bonds. The fourth-order valence-corrected chi connectivity index (χ4v) is 2.80. The quantitative estimate of drug-likeness (QED) is 0.423. The van der Waals surface area contributed by atoms with Gasteiger partial charge in [0.2, 0.25) is 0 Å². The number of fused-ring (bicyclic) bond motifs is 2. The lowest BCUT2D eigenvalue weighted by Crippen LogP contribution is -1.88. The fraction of sp³-hybridized carbons (Fsp3) is 0. The van der Waals surface area contributed by atoms with Crippen LogP contribution in [-0.4, -0.2) is 15.0 Å². The second-order valence-corrected chi connectivity index (χ2v) is 5.69. The van der Waals surface area contributed by atoms with Crippen LogP contribution in [0.15, 0.2) is 54.6 Å². The van der Waals surface area contributed by atoms with Crippen molar-refractivity contribution in [2.75, 3.05) is 0 Å². The molecule has 0 radical (unpaired) electrons. The van der Waals surface area contributed by atoms with Crippen LogP contribution in [0.25, 0.3) is 33.6 Å². The highest BCUT2D eigenvalue weighted by Crippen LogP contribution is 2.25. The molecule has 24 heavy (non-hydrogen) atoms. The van der Waals surface area contributed by atoms with Gasteiger partial charge in [-0.1, -0.05) is 41.9 Å². The molecule has 5 heteroatoms. The summed E-state index contributed by atoms with van der Waals surface area (Å²) in [6.45, 7) is 0. The van der Waals surface area contributed by atoms with E-state index in [-0.39, 0.29) is 0 Å². The molecule has 0 bridgehead atoms. The van der Waals surface area contributed by atoms with Gasteiger partial charge < -0.3 is 4.98 Å². The minimum atomic E-state index is 0.359. The second kappa shape index (κ2) is 5.80. The van der Waals surface area contributed by atoms with E-state index in [0.717, 1.165) is 21.9 Å². The lowest BCUT2D eigenvalue weighted by molar-refractivity contribution is 1.27. The monoisotopic (exact) mass is 330 g/mol. The van der Waals surface area contributed by atoms with Crippen LogP contribution >= 0.6 is 11.6 Å². The summed E-state index contributed by atoms with van der Waals surface area (Å²) in [5, 5.41) is 10.9. The van der Waals surface area contributed by atoms with Crippen LogP contribution in [0.5, 0.6) is 0 Å². The zero-order valence-electron chi connectivity index (χ0n) is 12.5. The maximum atomic E-state index is 9.53. The molecule has 0 fully saturated rings. The maximum absolute atomic E-state index is 9.53. The van der Waals surface area contributed by atoms with Crippen LogP contribution in [0.1, 0.15) is 11.4 Å². The van der Waals surface area contributed by atoms with Crippen molar-refractivity contribution in [2.24, 2.45) is 0 Å². The van der Waals surface area contributed by atoms with Crippen molar-refractivity contribution in [3.05, 3.63) is 71.1 Å². The van der Waals surface area contributed by atoms with E-state index in [9.17, 15) is 5.26 Å². The van der Waals surface area contributed by atoms with Gasteiger partial charge in [-0.05, 0) is 30.3 Å². The largest absolute Gasteiger partial charge is 0.337 e. The maximum Gasteiger partial charge on any atom is 0.149 e. The minimum Gasteiger partial charge on any atom is -0.337 e. The van der Waals surface area contributed by atoms with E-state index in [1.54, 1.807) is 6.08 Å². The number of aromatic nitrogens is 3. The van der Waals surface area contributed by atoms with Crippen LogP contribution in [-0.2, 0) is 0 Å². The van der Waals surface area contributed by atoms with E-state index in [1.807, 2.05) is 54.6 Å². The summed E-state index contributed by atoms with van der Waals surface area (Å²) in [6, 6.07) is 19.5. The molecule has 0 saturated carbocycles. The van der Waals surface area contributed by atoms with Crippen molar-refractivity contribution in [3.8, 4) is 6.07 Å². The van der Waals surface area contributed by atoms with Crippen LogP contribution in [0.3, 0.4) is 0 Å². The number of benzene rings is 2. The lowest BCUT2D eigenvalue weighted by atomic mass is 10.1. The Balaban J connectivity index is 1.85. The summed E-state index contributed by atoms with van der Waals surface area (Å²) in [4.78, 5) is 12.0. The number of halogens is 1. The normalized spacial score (nSPS) is 11.8. The number of nitrogens with zero attached hydrogens (tertiary/aromatic N) is 3. The van der Waals surface area contributed by atoms with Gasteiger partial charge in [0.25, 0.3) is 0 Å². The molecule has 1 N–H and O–H groups in total. The van der Waals surface area contributed by atoms with E-state index < -0.39 is 0 Å². The first-order chi connectivity index (χ1) is 11.7. The first-order valence-corrected chi connectivity index (χ1v) is 7.74. The van der Waals surface area contributed by atoms with E-state index in [4.69, 9.17) is 11.6 Å². The molecule has 2 aromatic carbocycles. The highest BCUT2D eigenvalue weighted by atomic mass is 35.5. The molecular weight excluding hydrogens is 320 g/mol. The third-order valence-electron chi connectivity index (χ3n) is 3.77. The van der Waals surface area contributed by atoms with Gasteiger partial charge in [-0.2, -0.15) is 5.26 Å². The Morgan fingerprint density at radius 3 is 2.58 bits per heavy atom. The number of hydrogen-bond donors (Lipinski definition) is 1. The Morgan fingerprint density at radius 2 is 1.79 bits per heavy atom. The summed E-state index contributed by atoms with van der Waals surface area (Å²) in [6.07, 6.45) is 1.71. The van der Waals surface area contributed by atoms with Crippen molar-refractivity contribution in [1.82, 2.24) is 15.0 Å². The predicted octanol–water partition coefficient (Wildman–Crippen LogP) is 4.83. The number of para-hydroxylation sites is 3. The lowest BCUT2D eigenvalue weighted by Gasteiger charge is -2.02. The van der Waals surface area contributed by atoms with Crippen LogP contribution in [0, 0.1) is 11.3 Å². The Kier molecular flexibility index (Phi) is 3.49. The molecule has 114 valence electrons. The summed E-state index contributed by atoms with van der Waals surface area (Å²) < 4.78 is 0. The van der Waals surface area contributed by atoms with Crippen LogP contribution in [0.4, 0.5) is 0 Å². The molecule has 4 nitrogen and oxygen atoms in total. The van der Waals surface area contributed by atoms with Crippen LogP contribution in [0.2, 0.25) is 5.15 Å². The number of allylic oxidation sites excluding steroid dienone is 1. The second-order valence-electron chi connectivity index (χ2n) is 5.33. The summed E-state index contributed by atoms with van der Waals surface area (Å²) in [5.41, 5.74) is 3.62. The molecule has 4 rings (SSSR count). The Labute approximate surface area is 143 Å². The third kappa shape index (κ3) is 2.51. The minimum absolute atomic E-state index is 0.359. The van der Waals surface area contributed by atoms with Crippen molar-refractivity contribution in [3.63, 3.8) is 0 Å². The number of hydrogen-bond acceptors (Lipinski definition) is 3. The smallest absolute Gasteiger partial charge is 0.149 e. The topological polar surface area (TPSA) is 65.4 Å². The summed E-state index contributed by atoms with van der Waals surface area (Å²) >= 11 is 6.27. The zero-order chi connectivity index (χ0) is 16.5. The van der Waals surface area contributed by atoms with Crippen LogP contribution < -0.4 is 0 Å². The molecule has 0 saturated heterocycles. The van der Waals surface area contributed by atoms with Gasteiger partial charge in [0.1, 0.15) is 17.0 Å². The molecule has 0 atom stereocenters. The van der Waals surface area contributed by atoms with Crippen molar-refractivity contribution in [1.29, 1.82) is 5.26 Å². The molecule has 2 heterocycles. The van der Waals surface area contributed by atoms with E-state index in [2.05, 4.69) is 21.0 Å². The fourth-order valence-electron chi connectivity index (χ4n) is 2.60. The van der Waals surface area contributed by atoms with Gasteiger partial charge in [0.15, 0.2) is 0 Å². The van der Waals surface area contributed by atoms with Gasteiger partial charge in [0.05, 0.1) is 22.1 Å². The van der Waals surface area contributed by atoms with Gasteiger partial charge in [0, 0.05) is 10.9 Å². The standard InChI is InChI=1S/C19H11ClN4/c20-18-13(9-12-5-1-2-6-15(12)22-18)10-14(11-21)19-23-16-7-3-4-8-17(16)24-19/h1-10H,(H,23,24). The van der Waals surface area contributed by atoms with E-state index >= 15 is 0 Å².